The maximum atomic E-state index is 14.1. The molecule has 0 saturated carbocycles. The van der Waals surface area contributed by atoms with Gasteiger partial charge in [-0.05, 0) is 59.0 Å². The number of halogens is 2. The second-order valence-corrected chi connectivity index (χ2v) is 7.64. The molecular weight excluding hydrogens is 433 g/mol. The summed E-state index contributed by atoms with van der Waals surface area (Å²) in [5.74, 6) is -1.43. The standard InChI is InChI=1S/C25H23ClFNO4/c1-2-28(25(31)32-16-17-6-4-3-5-7-17)15-20-13-21(27)9-10-22(20)18-8-11-23(26)19(12-18)14-24(29)30/h3-13H,2,14-16H2,1H3,(H,29,30). The Hall–Kier alpha value is -3.38. The predicted octanol–water partition coefficient (Wildman–Crippen LogP) is 5.93. The number of ether oxygens (including phenoxy) is 1. The SMILES string of the molecule is CCN(Cc1cc(F)ccc1-c1ccc(Cl)c(CC(=O)O)c1)C(=O)OCc1ccccc1. The molecule has 5 nitrogen and oxygen atoms in total. The summed E-state index contributed by atoms with van der Waals surface area (Å²) in [4.78, 5) is 25.3. The van der Waals surface area contributed by atoms with Crippen LogP contribution in [0.4, 0.5) is 9.18 Å². The molecule has 0 atom stereocenters. The van der Waals surface area contributed by atoms with Crippen LogP contribution in [-0.2, 0) is 29.1 Å². The van der Waals surface area contributed by atoms with E-state index in [9.17, 15) is 14.0 Å². The van der Waals surface area contributed by atoms with Crippen LogP contribution in [0.15, 0.2) is 66.7 Å². The van der Waals surface area contributed by atoms with Crippen LogP contribution in [0.5, 0.6) is 0 Å². The van der Waals surface area contributed by atoms with E-state index in [4.69, 9.17) is 21.4 Å². The lowest BCUT2D eigenvalue weighted by Crippen LogP contribution is -2.31. The monoisotopic (exact) mass is 455 g/mol. The maximum Gasteiger partial charge on any atom is 0.410 e. The smallest absolute Gasteiger partial charge is 0.410 e. The second kappa shape index (κ2) is 10.8. The second-order valence-electron chi connectivity index (χ2n) is 7.23. The molecule has 0 saturated heterocycles. The van der Waals surface area contributed by atoms with Crippen molar-refractivity contribution in [1.29, 1.82) is 0 Å². The van der Waals surface area contributed by atoms with Gasteiger partial charge in [0.25, 0.3) is 0 Å². The number of carbonyl (C=O) groups excluding carboxylic acids is 1. The molecule has 1 amide bonds. The molecule has 0 aromatic heterocycles. The molecule has 0 unspecified atom stereocenters. The Bertz CT molecular complexity index is 1100. The molecule has 0 aliphatic rings. The normalized spacial score (nSPS) is 10.6. The third-order valence-electron chi connectivity index (χ3n) is 4.97. The van der Waals surface area contributed by atoms with Gasteiger partial charge in [-0.2, -0.15) is 0 Å². The Balaban J connectivity index is 1.84. The summed E-state index contributed by atoms with van der Waals surface area (Å²) in [6.45, 7) is 2.46. The zero-order valence-corrected chi connectivity index (χ0v) is 18.3. The Morgan fingerprint density at radius 2 is 1.78 bits per heavy atom. The van der Waals surface area contributed by atoms with E-state index in [1.54, 1.807) is 24.3 Å². The number of hydrogen-bond acceptors (Lipinski definition) is 3. The van der Waals surface area contributed by atoms with Gasteiger partial charge < -0.3 is 14.7 Å². The Morgan fingerprint density at radius 3 is 2.47 bits per heavy atom. The summed E-state index contributed by atoms with van der Waals surface area (Å²) in [5.41, 5.74) is 3.28. The first-order chi connectivity index (χ1) is 15.4. The van der Waals surface area contributed by atoms with Gasteiger partial charge in [-0.15, -0.1) is 0 Å². The van der Waals surface area contributed by atoms with Crippen molar-refractivity contribution in [3.63, 3.8) is 0 Å². The number of rotatable bonds is 8. The quantitative estimate of drug-likeness (QED) is 0.457. The van der Waals surface area contributed by atoms with Gasteiger partial charge >= 0.3 is 12.1 Å². The minimum atomic E-state index is -0.998. The minimum Gasteiger partial charge on any atom is -0.481 e. The first-order valence-electron chi connectivity index (χ1n) is 10.1. The molecule has 0 radical (unpaired) electrons. The van der Waals surface area contributed by atoms with Crippen molar-refractivity contribution >= 4 is 23.7 Å². The predicted molar refractivity (Wildman–Crippen MR) is 121 cm³/mol. The summed E-state index contributed by atoms with van der Waals surface area (Å²) in [6, 6.07) is 18.7. The van der Waals surface area contributed by atoms with E-state index in [0.717, 1.165) is 5.56 Å². The summed E-state index contributed by atoms with van der Waals surface area (Å²) in [5, 5.41) is 9.47. The van der Waals surface area contributed by atoms with Crippen LogP contribution in [0.2, 0.25) is 5.02 Å². The average molecular weight is 456 g/mol. The molecule has 32 heavy (non-hydrogen) atoms. The third-order valence-corrected chi connectivity index (χ3v) is 5.34. The van der Waals surface area contributed by atoms with Crippen molar-refractivity contribution in [2.75, 3.05) is 6.54 Å². The van der Waals surface area contributed by atoms with Crippen molar-refractivity contribution in [2.45, 2.75) is 26.5 Å². The molecule has 3 aromatic carbocycles. The molecule has 7 heteroatoms. The zero-order chi connectivity index (χ0) is 23.1. The van der Waals surface area contributed by atoms with Gasteiger partial charge in [-0.3, -0.25) is 4.79 Å². The highest BCUT2D eigenvalue weighted by molar-refractivity contribution is 6.31. The van der Waals surface area contributed by atoms with Crippen LogP contribution in [0, 0.1) is 5.82 Å². The first kappa shape index (κ1) is 23.3. The summed E-state index contributed by atoms with van der Waals surface area (Å²) >= 11 is 6.13. The van der Waals surface area contributed by atoms with Crippen molar-refractivity contribution in [1.82, 2.24) is 4.90 Å². The van der Waals surface area contributed by atoms with Gasteiger partial charge in [0.2, 0.25) is 0 Å². The minimum absolute atomic E-state index is 0.133. The molecule has 0 aliphatic heterocycles. The van der Waals surface area contributed by atoms with Gasteiger partial charge in [-0.25, -0.2) is 9.18 Å². The Morgan fingerprint density at radius 1 is 1.03 bits per heavy atom. The lowest BCUT2D eigenvalue weighted by molar-refractivity contribution is -0.136. The van der Waals surface area contributed by atoms with Crippen molar-refractivity contribution in [3.05, 3.63) is 94.3 Å². The van der Waals surface area contributed by atoms with E-state index in [1.165, 1.54) is 17.0 Å². The fraction of sp³-hybridized carbons (Fsp3) is 0.200. The fourth-order valence-corrected chi connectivity index (χ4v) is 3.52. The van der Waals surface area contributed by atoms with Crippen LogP contribution < -0.4 is 0 Å². The highest BCUT2D eigenvalue weighted by Gasteiger charge is 2.18. The van der Waals surface area contributed by atoms with Gasteiger partial charge in [0, 0.05) is 18.1 Å². The number of carboxylic acid groups (broad SMARTS) is 1. The Kier molecular flexibility index (Phi) is 7.84. The summed E-state index contributed by atoms with van der Waals surface area (Å²) < 4.78 is 19.5. The van der Waals surface area contributed by atoms with Crippen LogP contribution in [0.1, 0.15) is 23.6 Å². The van der Waals surface area contributed by atoms with Gasteiger partial charge in [-0.1, -0.05) is 54.1 Å². The number of hydrogen-bond donors (Lipinski definition) is 1. The molecule has 0 spiro atoms. The summed E-state index contributed by atoms with van der Waals surface area (Å²) in [6.07, 6.45) is -0.731. The maximum absolute atomic E-state index is 14.1. The molecule has 0 bridgehead atoms. The average Bonchev–Trinajstić information content (AvgIpc) is 2.78. The Labute approximate surface area is 191 Å². The van der Waals surface area contributed by atoms with Crippen LogP contribution in [0.3, 0.4) is 0 Å². The van der Waals surface area contributed by atoms with Crippen LogP contribution >= 0.6 is 11.6 Å². The number of nitrogens with zero attached hydrogens (tertiary/aromatic N) is 1. The molecule has 0 heterocycles. The lowest BCUT2D eigenvalue weighted by Gasteiger charge is -2.22. The summed E-state index contributed by atoms with van der Waals surface area (Å²) in [7, 11) is 0. The number of amides is 1. The van der Waals surface area contributed by atoms with E-state index in [2.05, 4.69) is 0 Å². The van der Waals surface area contributed by atoms with E-state index >= 15 is 0 Å². The van der Waals surface area contributed by atoms with Gasteiger partial charge in [0.1, 0.15) is 12.4 Å². The molecule has 3 rings (SSSR count). The topological polar surface area (TPSA) is 66.8 Å². The third kappa shape index (κ3) is 6.08. The van der Waals surface area contributed by atoms with Crippen molar-refractivity contribution in [3.8, 4) is 11.1 Å². The van der Waals surface area contributed by atoms with Crippen LogP contribution in [-0.4, -0.2) is 28.6 Å². The highest BCUT2D eigenvalue weighted by Crippen LogP contribution is 2.30. The van der Waals surface area contributed by atoms with E-state index in [0.29, 0.717) is 33.8 Å². The van der Waals surface area contributed by atoms with E-state index < -0.39 is 17.9 Å². The molecular formula is C25H23ClFNO4. The number of benzene rings is 3. The van der Waals surface area contributed by atoms with Crippen molar-refractivity contribution in [2.24, 2.45) is 0 Å². The number of aliphatic carboxylic acids is 1. The zero-order valence-electron chi connectivity index (χ0n) is 17.6. The van der Waals surface area contributed by atoms with E-state index in [1.807, 2.05) is 37.3 Å². The number of carboxylic acids is 1. The molecule has 1 N–H and O–H groups in total. The molecule has 3 aromatic rings. The van der Waals surface area contributed by atoms with Gasteiger partial charge in [0.05, 0.1) is 6.42 Å². The van der Waals surface area contributed by atoms with E-state index in [-0.39, 0.29) is 19.6 Å². The molecule has 0 aliphatic carbocycles. The molecule has 0 fully saturated rings. The number of carbonyl (C=O) groups is 2. The van der Waals surface area contributed by atoms with Gasteiger partial charge in [0.15, 0.2) is 0 Å². The molecule has 166 valence electrons. The lowest BCUT2D eigenvalue weighted by atomic mass is 9.96. The largest absolute Gasteiger partial charge is 0.481 e. The first-order valence-corrected chi connectivity index (χ1v) is 10.5. The fourth-order valence-electron chi connectivity index (χ4n) is 3.34. The highest BCUT2D eigenvalue weighted by atomic mass is 35.5. The van der Waals surface area contributed by atoms with Crippen molar-refractivity contribution < 1.29 is 23.8 Å². The van der Waals surface area contributed by atoms with Crippen LogP contribution in [0.25, 0.3) is 11.1 Å².